The van der Waals surface area contributed by atoms with E-state index in [1.54, 1.807) is 0 Å². The highest BCUT2D eigenvalue weighted by atomic mass is 16.5. The predicted molar refractivity (Wildman–Crippen MR) is 97.1 cm³/mol. The average molecular weight is 338 g/mol. The Labute approximate surface area is 146 Å². The SMILES string of the molecule is CCNC(=NCC(C)CN1CCCC1)N1CCC(C(=O)OC)CC1. The topological polar surface area (TPSA) is 57.2 Å². The first-order valence-electron chi connectivity index (χ1n) is 9.47. The van der Waals surface area contributed by atoms with Gasteiger partial charge in [0.1, 0.15) is 0 Å². The molecule has 0 radical (unpaired) electrons. The number of guanidine groups is 1. The Morgan fingerprint density at radius 1 is 1.25 bits per heavy atom. The van der Waals surface area contributed by atoms with Gasteiger partial charge in [-0.3, -0.25) is 9.79 Å². The summed E-state index contributed by atoms with van der Waals surface area (Å²) >= 11 is 0. The summed E-state index contributed by atoms with van der Waals surface area (Å²) in [6, 6.07) is 0. The smallest absolute Gasteiger partial charge is 0.308 e. The van der Waals surface area contributed by atoms with Crippen LogP contribution in [0, 0.1) is 11.8 Å². The summed E-state index contributed by atoms with van der Waals surface area (Å²) in [6.45, 7) is 11.5. The van der Waals surface area contributed by atoms with Crippen molar-refractivity contribution in [1.82, 2.24) is 15.1 Å². The van der Waals surface area contributed by atoms with Crippen LogP contribution in [0.15, 0.2) is 4.99 Å². The Morgan fingerprint density at radius 3 is 2.50 bits per heavy atom. The monoisotopic (exact) mass is 338 g/mol. The molecule has 0 saturated carbocycles. The molecule has 2 saturated heterocycles. The van der Waals surface area contributed by atoms with E-state index in [9.17, 15) is 4.79 Å². The zero-order chi connectivity index (χ0) is 17.4. The van der Waals surface area contributed by atoms with Crippen LogP contribution in [-0.4, -0.2) is 74.7 Å². The molecular formula is C18H34N4O2. The van der Waals surface area contributed by atoms with Crippen LogP contribution in [-0.2, 0) is 9.53 Å². The largest absolute Gasteiger partial charge is 0.469 e. The van der Waals surface area contributed by atoms with Crippen LogP contribution in [0.3, 0.4) is 0 Å². The predicted octanol–water partition coefficient (Wildman–Crippen LogP) is 1.57. The lowest BCUT2D eigenvalue weighted by Crippen LogP contribution is -2.47. The van der Waals surface area contributed by atoms with E-state index in [2.05, 4.69) is 29.0 Å². The van der Waals surface area contributed by atoms with Crippen LogP contribution in [0.5, 0.6) is 0 Å². The van der Waals surface area contributed by atoms with Gasteiger partial charge in [-0.2, -0.15) is 0 Å². The molecule has 1 atom stereocenters. The first-order valence-corrected chi connectivity index (χ1v) is 9.47. The number of likely N-dealkylation sites (tertiary alicyclic amines) is 2. The van der Waals surface area contributed by atoms with Gasteiger partial charge in [0.2, 0.25) is 0 Å². The second-order valence-electron chi connectivity index (χ2n) is 7.09. The molecule has 2 aliphatic heterocycles. The Hall–Kier alpha value is -1.30. The summed E-state index contributed by atoms with van der Waals surface area (Å²) in [7, 11) is 1.47. The highest BCUT2D eigenvalue weighted by Gasteiger charge is 2.27. The lowest BCUT2D eigenvalue weighted by molar-refractivity contribution is -0.146. The van der Waals surface area contributed by atoms with E-state index >= 15 is 0 Å². The molecule has 0 spiro atoms. The van der Waals surface area contributed by atoms with Gasteiger partial charge >= 0.3 is 5.97 Å². The number of piperidine rings is 1. The zero-order valence-electron chi connectivity index (χ0n) is 15.6. The summed E-state index contributed by atoms with van der Waals surface area (Å²) in [4.78, 5) is 21.3. The van der Waals surface area contributed by atoms with Crippen LogP contribution in [0.1, 0.15) is 39.5 Å². The number of nitrogens with one attached hydrogen (secondary N) is 1. The second kappa shape index (κ2) is 9.87. The number of aliphatic imine (C=N–C) groups is 1. The molecule has 2 fully saturated rings. The normalized spacial score (nSPS) is 21.8. The highest BCUT2D eigenvalue weighted by Crippen LogP contribution is 2.18. The van der Waals surface area contributed by atoms with Crippen molar-refractivity contribution in [3.8, 4) is 0 Å². The molecule has 0 aromatic rings. The van der Waals surface area contributed by atoms with Crippen LogP contribution < -0.4 is 5.32 Å². The van der Waals surface area contributed by atoms with Crippen molar-refractivity contribution >= 4 is 11.9 Å². The van der Waals surface area contributed by atoms with Gasteiger partial charge < -0.3 is 19.9 Å². The summed E-state index contributed by atoms with van der Waals surface area (Å²) in [5.41, 5.74) is 0. The molecule has 6 heteroatoms. The molecule has 2 heterocycles. The van der Waals surface area contributed by atoms with Crippen molar-refractivity contribution in [2.24, 2.45) is 16.8 Å². The molecule has 0 aliphatic carbocycles. The molecule has 6 nitrogen and oxygen atoms in total. The third-order valence-electron chi connectivity index (χ3n) is 4.99. The molecule has 0 aromatic heterocycles. The van der Waals surface area contributed by atoms with Crippen molar-refractivity contribution in [1.29, 1.82) is 0 Å². The first-order chi connectivity index (χ1) is 11.6. The average Bonchev–Trinajstić information content (AvgIpc) is 3.11. The zero-order valence-corrected chi connectivity index (χ0v) is 15.6. The number of esters is 1. The molecule has 24 heavy (non-hydrogen) atoms. The highest BCUT2D eigenvalue weighted by molar-refractivity contribution is 5.80. The summed E-state index contributed by atoms with van der Waals surface area (Å²) in [6.07, 6.45) is 4.38. The van der Waals surface area contributed by atoms with E-state index in [1.165, 1.54) is 33.0 Å². The van der Waals surface area contributed by atoms with Gasteiger partial charge in [-0.1, -0.05) is 6.92 Å². The summed E-state index contributed by atoms with van der Waals surface area (Å²) < 4.78 is 4.87. The number of carbonyl (C=O) groups is 1. The van der Waals surface area contributed by atoms with Crippen molar-refractivity contribution in [3.05, 3.63) is 0 Å². The molecule has 0 amide bonds. The van der Waals surface area contributed by atoms with E-state index < -0.39 is 0 Å². The maximum Gasteiger partial charge on any atom is 0.308 e. The van der Waals surface area contributed by atoms with Gasteiger partial charge in [0, 0.05) is 32.7 Å². The van der Waals surface area contributed by atoms with Crippen molar-refractivity contribution in [3.63, 3.8) is 0 Å². The van der Waals surface area contributed by atoms with E-state index in [0.29, 0.717) is 5.92 Å². The first kappa shape index (κ1) is 19.0. The fraction of sp³-hybridized carbons (Fsp3) is 0.889. The standard InChI is InChI=1S/C18H34N4O2/c1-4-19-18(20-13-15(2)14-21-9-5-6-10-21)22-11-7-16(8-12-22)17(23)24-3/h15-16H,4-14H2,1-3H3,(H,19,20). The van der Waals surface area contributed by atoms with Crippen LogP contribution in [0.2, 0.25) is 0 Å². The fourth-order valence-electron chi connectivity index (χ4n) is 3.63. The molecule has 138 valence electrons. The number of methoxy groups -OCH3 is 1. The van der Waals surface area contributed by atoms with Gasteiger partial charge in [-0.25, -0.2) is 0 Å². The second-order valence-corrected chi connectivity index (χ2v) is 7.09. The van der Waals surface area contributed by atoms with Crippen LogP contribution >= 0.6 is 0 Å². The van der Waals surface area contributed by atoms with Crippen molar-refractivity contribution < 1.29 is 9.53 Å². The molecule has 0 aromatic carbocycles. The third kappa shape index (κ3) is 5.65. The van der Waals surface area contributed by atoms with Crippen molar-refractivity contribution in [2.75, 3.05) is 52.9 Å². The van der Waals surface area contributed by atoms with Gasteiger partial charge in [-0.15, -0.1) is 0 Å². The number of hydrogen-bond donors (Lipinski definition) is 1. The minimum Gasteiger partial charge on any atom is -0.469 e. The molecule has 1 N–H and O–H groups in total. The minimum atomic E-state index is -0.0733. The molecule has 2 rings (SSSR count). The number of nitrogens with zero attached hydrogens (tertiary/aromatic N) is 3. The summed E-state index contributed by atoms with van der Waals surface area (Å²) in [5, 5.41) is 3.41. The Bertz CT molecular complexity index is 413. The molecule has 1 unspecified atom stereocenters. The Morgan fingerprint density at radius 2 is 1.92 bits per heavy atom. The Balaban J connectivity index is 1.83. The van der Waals surface area contributed by atoms with E-state index in [0.717, 1.165) is 51.5 Å². The van der Waals surface area contributed by atoms with Gasteiger partial charge in [0.25, 0.3) is 0 Å². The van der Waals surface area contributed by atoms with E-state index in [1.807, 2.05) is 0 Å². The molecule has 2 aliphatic rings. The maximum absolute atomic E-state index is 11.7. The number of hydrogen-bond acceptors (Lipinski definition) is 4. The molecular weight excluding hydrogens is 304 g/mol. The number of carbonyl (C=O) groups excluding carboxylic acids is 1. The number of ether oxygens (including phenoxy) is 1. The van der Waals surface area contributed by atoms with Gasteiger partial charge in [0.05, 0.1) is 13.0 Å². The molecule has 0 bridgehead atoms. The Kier molecular flexibility index (Phi) is 7.82. The van der Waals surface area contributed by atoms with E-state index in [-0.39, 0.29) is 11.9 Å². The lowest BCUT2D eigenvalue weighted by Gasteiger charge is -2.33. The third-order valence-corrected chi connectivity index (χ3v) is 4.99. The lowest BCUT2D eigenvalue weighted by atomic mass is 9.97. The quantitative estimate of drug-likeness (QED) is 0.453. The summed E-state index contributed by atoms with van der Waals surface area (Å²) in [5.74, 6) is 1.54. The number of rotatable bonds is 6. The van der Waals surface area contributed by atoms with Crippen molar-refractivity contribution in [2.45, 2.75) is 39.5 Å². The van der Waals surface area contributed by atoms with Gasteiger partial charge in [-0.05, 0) is 51.6 Å². The van der Waals surface area contributed by atoms with Gasteiger partial charge in [0.15, 0.2) is 5.96 Å². The van der Waals surface area contributed by atoms with E-state index in [4.69, 9.17) is 9.73 Å². The van der Waals surface area contributed by atoms with Crippen LogP contribution in [0.25, 0.3) is 0 Å². The fourth-order valence-corrected chi connectivity index (χ4v) is 3.63. The maximum atomic E-state index is 11.7. The van der Waals surface area contributed by atoms with Crippen LogP contribution in [0.4, 0.5) is 0 Å². The minimum absolute atomic E-state index is 0.0446.